The molecule has 1 aliphatic heterocycles. The number of para-hydroxylation sites is 2. The topological polar surface area (TPSA) is 84.5 Å². The van der Waals surface area contributed by atoms with Crippen LogP contribution in [0.2, 0.25) is 5.02 Å². The molecule has 1 aliphatic rings. The molecule has 2 heterocycles. The number of H-pyrrole nitrogens is 1. The molecular weight excluding hydrogens is 418 g/mol. The summed E-state index contributed by atoms with van der Waals surface area (Å²) < 4.78 is 9.80. The lowest BCUT2D eigenvalue weighted by Crippen LogP contribution is -2.27. The van der Waals surface area contributed by atoms with E-state index in [0.717, 1.165) is 11.0 Å². The third kappa shape index (κ3) is 3.83. The molecule has 0 spiro atoms. The van der Waals surface area contributed by atoms with E-state index in [2.05, 4.69) is 9.97 Å². The highest BCUT2D eigenvalue weighted by molar-refractivity contribution is 6.33. The van der Waals surface area contributed by atoms with E-state index in [1.54, 1.807) is 41.5 Å². The molecule has 0 amide bonds. The first-order valence-electron chi connectivity index (χ1n) is 9.33. The molecule has 0 fully saturated rings. The summed E-state index contributed by atoms with van der Waals surface area (Å²) in [5, 5.41) is 0.483. The molecular formula is C23H18ClN3O4. The van der Waals surface area contributed by atoms with Crippen molar-refractivity contribution in [1.82, 2.24) is 9.97 Å². The van der Waals surface area contributed by atoms with E-state index >= 15 is 0 Å². The average molecular weight is 436 g/mol. The number of methoxy groups -OCH3 is 2. The monoisotopic (exact) mass is 435 g/mol. The van der Waals surface area contributed by atoms with Crippen LogP contribution in [0.1, 0.15) is 0 Å². The van der Waals surface area contributed by atoms with E-state index in [0.29, 0.717) is 22.1 Å². The van der Waals surface area contributed by atoms with Gasteiger partial charge >= 0.3 is 11.9 Å². The van der Waals surface area contributed by atoms with Crippen LogP contribution in [0.5, 0.6) is 0 Å². The number of halogens is 1. The molecule has 0 saturated heterocycles. The van der Waals surface area contributed by atoms with Gasteiger partial charge in [0.1, 0.15) is 11.5 Å². The number of nitrogens with one attached hydrogen (secondary N) is 1. The normalized spacial score (nSPS) is 13.5. The van der Waals surface area contributed by atoms with Crippen LogP contribution in [0.15, 0.2) is 78.2 Å². The fraction of sp³-hybridized carbons (Fsp3) is 0.0870. The van der Waals surface area contributed by atoms with Crippen molar-refractivity contribution in [3.8, 4) is 11.4 Å². The number of benzene rings is 2. The summed E-state index contributed by atoms with van der Waals surface area (Å²) in [6.07, 6.45) is 6.51. The highest BCUT2D eigenvalue weighted by Crippen LogP contribution is 2.34. The van der Waals surface area contributed by atoms with Crippen LogP contribution in [0, 0.1) is 0 Å². The lowest BCUT2D eigenvalue weighted by atomic mass is 10.1. The van der Waals surface area contributed by atoms with Crippen LogP contribution in [0.3, 0.4) is 0 Å². The van der Waals surface area contributed by atoms with Gasteiger partial charge in [-0.15, -0.1) is 0 Å². The third-order valence-electron chi connectivity index (χ3n) is 4.76. The molecule has 7 nitrogen and oxygen atoms in total. The number of carbonyl (C=O) groups is 2. The summed E-state index contributed by atoms with van der Waals surface area (Å²) in [5.74, 6) is -0.754. The summed E-state index contributed by atoms with van der Waals surface area (Å²) in [4.78, 5) is 34.4. The van der Waals surface area contributed by atoms with Crippen LogP contribution in [0.4, 0.5) is 5.69 Å². The number of anilines is 1. The fourth-order valence-corrected chi connectivity index (χ4v) is 3.50. The molecule has 1 aromatic heterocycles. The molecule has 3 aromatic rings. The van der Waals surface area contributed by atoms with Crippen molar-refractivity contribution in [1.29, 1.82) is 0 Å². The lowest BCUT2D eigenvalue weighted by Gasteiger charge is -2.23. The Bertz CT molecular complexity index is 1240. The van der Waals surface area contributed by atoms with Crippen molar-refractivity contribution in [3.63, 3.8) is 0 Å². The largest absolute Gasteiger partial charge is 0.465 e. The van der Waals surface area contributed by atoms with E-state index in [-0.39, 0.29) is 11.3 Å². The highest BCUT2D eigenvalue weighted by Gasteiger charge is 2.28. The number of nitrogens with zero attached hydrogens (tertiary/aromatic N) is 2. The van der Waals surface area contributed by atoms with Gasteiger partial charge in [-0.3, -0.25) is 0 Å². The molecule has 1 N–H and O–H groups in total. The fourth-order valence-electron chi connectivity index (χ4n) is 3.29. The maximum absolute atomic E-state index is 12.6. The SMILES string of the molecule is COC(=O)C1=C(C(=O)OC)N(c2ccc(Cl)c(-c3nc4ccccc4[nH]3)c2)C=CC=C1. The van der Waals surface area contributed by atoms with E-state index < -0.39 is 11.9 Å². The number of aromatic amines is 1. The minimum absolute atomic E-state index is 0.0252. The Morgan fingerprint density at radius 1 is 1.03 bits per heavy atom. The minimum atomic E-state index is -0.683. The van der Waals surface area contributed by atoms with Gasteiger partial charge in [-0.2, -0.15) is 0 Å². The Morgan fingerprint density at radius 2 is 1.81 bits per heavy atom. The zero-order chi connectivity index (χ0) is 22.0. The van der Waals surface area contributed by atoms with Crippen LogP contribution >= 0.6 is 11.6 Å². The Kier molecular flexibility index (Phi) is 5.60. The lowest BCUT2D eigenvalue weighted by molar-refractivity contribution is -0.139. The minimum Gasteiger partial charge on any atom is -0.465 e. The number of carbonyl (C=O) groups excluding carboxylic acids is 2. The number of hydrogen-bond donors (Lipinski definition) is 1. The molecule has 0 aliphatic carbocycles. The van der Waals surface area contributed by atoms with Gasteiger partial charge in [-0.1, -0.05) is 29.8 Å². The molecule has 156 valence electrons. The van der Waals surface area contributed by atoms with Gasteiger partial charge in [0, 0.05) is 17.5 Å². The predicted octanol–water partition coefficient (Wildman–Crippen LogP) is 4.37. The van der Waals surface area contributed by atoms with E-state index in [4.69, 9.17) is 21.1 Å². The van der Waals surface area contributed by atoms with Crippen LogP contribution in [-0.2, 0) is 19.1 Å². The Balaban J connectivity index is 1.87. The van der Waals surface area contributed by atoms with Crippen molar-refractivity contribution in [3.05, 3.63) is 83.2 Å². The molecule has 0 bridgehead atoms. The average Bonchev–Trinajstić information content (AvgIpc) is 3.10. The summed E-state index contributed by atoms with van der Waals surface area (Å²) in [6.45, 7) is 0. The van der Waals surface area contributed by atoms with Crippen molar-refractivity contribution < 1.29 is 19.1 Å². The highest BCUT2D eigenvalue weighted by atomic mass is 35.5. The first kappa shape index (κ1) is 20.4. The predicted molar refractivity (Wildman–Crippen MR) is 118 cm³/mol. The second-order valence-corrected chi connectivity index (χ2v) is 6.99. The zero-order valence-corrected chi connectivity index (χ0v) is 17.5. The smallest absolute Gasteiger partial charge is 0.355 e. The summed E-state index contributed by atoms with van der Waals surface area (Å²) >= 11 is 6.47. The number of allylic oxidation sites excluding steroid dienone is 2. The van der Waals surface area contributed by atoms with E-state index in [9.17, 15) is 9.59 Å². The van der Waals surface area contributed by atoms with Gasteiger partial charge < -0.3 is 19.4 Å². The Morgan fingerprint density at radius 3 is 2.55 bits per heavy atom. The van der Waals surface area contributed by atoms with Crippen molar-refractivity contribution in [2.24, 2.45) is 0 Å². The van der Waals surface area contributed by atoms with Gasteiger partial charge in [-0.05, 0) is 42.5 Å². The number of esters is 2. The van der Waals surface area contributed by atoms with Gasteiger partial charge in [0.2, 0.25) is 0 Å². The van der Waals surface area contributed by atoms with Gasteiger partial charge in [0.05, 0.1) is 35.8 Å². The standard InChI is InChI=1S/C23H18ClN3O4/c1-30-22(28)15-7-5-6-12-27(20(15)23(29)31-2)14-10-11-17(24)16(13-14)21-25-18-8-3-4-9-19(18)26-21/h3-13H,1-2H3,(H,25,26). The second kappa shape index (κ2) is 8.49. The number of imidazole rings is 1. The van der Waals surface area contributed by atoms with Gasteiger partial charge in [-0.25, -0.2) is 14.6 Å². The first-order valence-corrected chi connectivity index (χ1v) is 9.71. The Hall–Kier alpha value is -3.84. The molecule has 31 heavy (non-hydrogen) atoms. The molecule has 0 unspecified atom stereocenters. The number of ether oxygens (including phenoxy) is 2. The van der Waals surface area contributed by atoms with Crippen LogP contribution in [-0.4, -0.2) is 36.1 Å². The first-order chi connectivity index (χ1) is 15.0. The number of aromatic nitrogens is 2. The zero-order valence-electron chi connectivity index (χ0n) is 16.8. The summed E-state index contributed by atoms with van der Waals surface area (Å²) in [5.41, 5.74) is 3.00. The van der Waals surface area contributed by atoms with Crippen molar-refractivity contribution in [2.75, 3.05) is 19.1 Å². The van der Waals surface area contributed by atoms with E-state index in [1.807, 2.05) is 24.3 Å². The summed E-state index contributed by atoms with van der Waals surface area (Å²) in [6, 6.07) is 12.9. The molecule has 0 saturated carbocycles. The number of hydrogen-bond acceptors (Lipinski definition) is 6. The van der Waals surface area contributed by atoms with Crippen LogP contribution < -0.4 is 4.90 Å². The number of fused-ring (bicyclic) bond motifs is 1. The second-order valence-electron chi connectivity index (χ2n) is 6.58. The number of rotatable bonds is 4. The van der Waals surface area contributed by atoms with Crippen molar-refractivity contribution in [2.45, 2.75) is 0 Å². The molecule has 0 radical (unpaired) electrons. The van der Waals surface area contributed by atoms with Crippen molar-refractivity contribution >= 4 is 40.3 Å². The maximum Gasteiger partial charge on any atom is 0.355 e. The van der Waals surface area contributed by atoms with Gasteiger partial charge in [0.15, 0.2) is 0 Å². The Labute approximate surface area is 183 Å². The van der Waals surface area contributed by atoms with E-state index in [1.165, 1.54) is 20.3 Å². The van der Waals surface area contributed by atoms with Gasteiger partial charge in [0.25, 0.3) is 0 Å². The quantitative estimate of drug-likeness (QED) is 0.612. The molecule has 4 rings (SSSR count). The van der Waals surface area contributed by atoms with Crippen LogP contribution in [0.25, 0.3) is 22.4 Å². The molecule has 8 heteroatoms. The maximum atomic E-state index is 12.6. The summed E-state index contributed by atoms with van der Waals surface area (Å²) in [7, 11) is 2.51. The molecule has 0 atom stereocenters. The molecule has 2 aromatic carbocycles. The third-order valence-corrected chi connectivity index (χ3v) is 5.09.